The van der Waals surface area contributed by atoms with Crippen molar-refractivity contribution in [2.75, 3.05) is 0 Å². The van der Waals surface area contributed by atoms with Crippen LogP contribution in [0.5, 0.6) is 0 Å². The van der Waals surface area contributed by atoms with Gasteiger partial charge < -0.3 is 0 Å². The molecule has 0 spiro atoms. The van der Waals surface area contributed by atoms with Crippen LogP contribution in [0.4, 0.5) is 0 Å². The summed E-state index contributed by atoms with van der Waals surface area (Å²) < 4.78 is 0. The Bertz CT molecular complexity index is 608. The van der Waals surface area contributed by atoms with Gasteiger partial charge in [-0.15, -0.1) is 0 Å². The van der Waals surface area contributed by atoms with Gasteiger partial charge in [0.15, 0.2) is 0 Å². The van der Waals surface area contributed by atoms with Crippen LogP contribution >= 0.6 is 39.1 Å². The lowest BCUT2D eigenvalue weighted by Crippen LogP contribution is -2.00. The number of alkyl halides is 1. The van der Waals surface area contributed by atoms with Crippen LogP contribution in [0.3, 0.4) is 0 Å². The Labute approximate surface area is 139 Å². The zero-order valence-corrected chi connectivity index (χ0v) is 14.7. The van der Waals surface area contributed by atoms with Crippen LogP contribution in [0, 0.1) is 0 Å². The molecule has 20 heavy (non-hydrogen) atoms. The quantitative estimate of drug-likeness (QED) is 0.531. The predicted molar refractivity (Wildman–Crippen MR) is 92.4 cm³/mol. The second-order valence-electron chi connectivity index (χ2n) is 4.77. The van der Waals surface area contributed by atoms with Crippen LogP contribution in [-0.2, 0) is 12.8 Å². The molecule has 3 heteroatoms. The van der Waals surface area contributed by atoms with Gasteiger partial charge >= 0.3 is 0 Å². The lowest BCUT2D eigenvalue weighted by atomic mass is 9.95. The van der Waals surface area contributed by atoms with E-state index in [2.05, 4.69) is 48.0 Å². The van der Waals surface area contributed by atoms with Gasteiger partial charge in [0, 0.05) is 10.0 Å². The van der Waals surface area contributed by atoms with E-state index in [0.717, 1.165) is 23.4 Å². The molecular formula is C17H17BrCl2. The van der Waals surface area contributed by atoms with Crippen LogP contribution in [0.2, 0.25) is 10.0 Å². The zero-order chi connectivity index (χ0) is 14.7. The standard InChI is InChI=1S/C17H17BrCl2/c1-3-11-5-6-12(4-2)14(9-11)17(18)15-10-13(19)7-8-16(15)20/h5-10,17H,3-4H2,1-2H3. The number of rotatable bonds is 4. The topological polar surface area (TPSA) is 0 Å². The van der Waals surface area contributed by atoms with Crippen LogP contribution < -0.4 is 0 Å². The van der Waals surface area contributed by atoms with E-state index >= 15 is 0 Å². The summed E-state index contributed by atoms with van der Waals surface area (Å²) in [6.45, 7) is 4.34. The second-order valence-corrected chi connectivity index (χ2v) is 6.53. The summed E-state index contributed by atoms with van der Waals surface area (Å²) in [5, 5.41) is 1.44. The Hall–Kier alpha value is -0.500. The second kappa shape index (κ2) is 6.98. The van der Waals surface area contributed by atoms with E-state index in [0.29, 0.717) is 5.02 Å². The van der Waals surface area contributed by atoms with Crippen LogP contribution in [0.15, 0.2) is 36.4 Å². The third-order valence-corrected chi connectivity index (χ3v) is 5.07. The van der Waals surface area contributed by atoms with Gasteiger partial charge in [-0.2, -0.15) is 0 Å². The van der Waals surface area contributed by atoms with Crippen molar-refractivity contribution in [3.63, 3.8) is 0 Å². The van der Waals surface area contributed by atoms with Crippen molar-refractivity contribution in [3.05, 3.63) is 68.7 Å². The zero-order valence-electron chi connectivity index (χ0n) is 11.6. The highest BCUT2D eigenvalue weighted by atomic mass is 79.9. The maximum atomic E-state index is 6.32. The lowest BCUT2D eigenvalue weighted by Gasteiger charge is -2.17. The number of halogens is 3. The number of benzene rings is 2. The van der Waals surface area contributed by atoms with Crippen molar-refractivity contribution in [1.82, 2.24) is 0 Å². The van der Waals surface area contributed by atoms with Crippen molar-refractivity contribution in [1.29, 1.82) is 0 Å². The van der Waals surface area contributed by atoms with E-state index in [9.17, 15) is 0 Å². The molecule has 0 saturated heterocycles. The molecule has 2 aromatic rings. The molecule has 0 aliphatic carbocycles. The molecule has 0 aliphatic rings. The molecule has 0 saturated carbocycles. The normalized spacial score (nSPS) is 12.4. The Morgan fingerprint density at radius 2 is 1.70 bits per heavy atom. The summed E-state index contributed by atoms with van der Waals surface area (Å²) >= 11 is 16.2. The molecule has 1 atom stereocenters. The summed E-state index contributed by atoms with van der Waals surface area (Å²) in [6, 6.07) is 12.3. The van der Waals surface area contributed by atoms with Gasteiger partial charge in [-0.05, 0) is 53.3 Å². The summed E-state index contributed by atoms with van der Waals surface area (Å²) in [6.07, 6.45) is 2.03. The molecule has 2 aromatic carbocycles. The Morgan fingerprint density at radius 1 is 0.950 bits per heavy atom. The van der Waals surface area contributed by atoms with Gasteiger partial charge in [0.2, 0.25) is 0 Å². The van der Waals surface area contributed by atoms with Crippen molar-refractivity contribution >= 4 is 39.1 Å². The molecule has 0 amide bonds. The molecule has 1 unspecified atom stereocenters. The van der Waals surface area contributed by atoms with Gasteiger partial charge in [-0.3, -0.25) is 0 Å². The summed E-state index contributed by atoms with van der Waals surface area (Å²) in [4.78, 5) is 0.0650. The van der Waals surface area contributed by atoms with Crippen molar-refractivity contribution < 1.29 is 0 Å². The first kappa shape index (κ1) is 15.9. The minimum absolute atomic E-state index is 0.0650. The maximum Gasteiger partial charge on any atom is 0.0662 e. The first-order valence-corrected chi connectivity index (χ1v) is 8.44. The van der Waals surface area contributed by atoms with E-state index < -0.39 is 0 Å². The number of aryl methyl sites for hydroxylation is 2. The lowest BCUT2D eigenvalue weighted by molar-refractivity contribution is 1.03. The average Bonchev–Trinajstić information content (AvgIpc) is 2.48. The molecule has 2 rings (SSSR count). The molecule has 0 bridgehead atoms. The summed E-state index contributed by atoms with van der Waals surface area (Å²) in [5.74, 6) is 0. The SMILES string of the molecule is CCc1ccc(CC)c(C(Br)c2cc(Cl)ccc2Cl)c1. The minimum atomic E-state index is 0.0650. The average molecular weight is 372 g/mol. The molecule has 0 heterocycles. The van der Waals surface area contributed by atoms with Crippen molar-refractivity contribution in [2.24, 2.45) is 0 Å². The van der Waals surface area contributed by atoms with E-state index in [1.165, 1.54) is 16.7 Å². The van der Waals surface area contributed by atoms with Gasteiger partial charge in [-0.1, -0.05) is 71.2 Å². The van der Waals surface area contributed by atoms with Gasteiger partial charge in [0.05, 0.1) is 4.83 Å². The van der Waals surface area contributed by atoms with Crippen LogP contribution in [0.1, 0.15) is 40.9 Å². The highest BCUT2D eigenvalue weighted by molar-refractivity contribution is 9.09. The molecule has 0 nitrogen and oxygen atoms in total. The monoisotopic (exact) mass is 370 g/mol. The van der Waals surface area contributed by atoms with Gasteiger partial charge in [0.1, 0.15) is 0 Å². The van der Waals surface area contributed by atoms with E-state index in [1.807, 2.05) is 18.2 Å². The molecule has 0 fully saturated rings. The maximum absolute atomic E-state index is 6.32. The number of hydrogen-bond donors (Lipinski definition) is 0. The molecule has 0 N–H and O–H groups in total. The van der Waals surface area contributed by atoms with Gasteiger partial charge in [-0.25, -0.2) is 0 Å². The van der Waals surface area contributed by atoms with Gasteiger partial charge in [0.25, 0.3) is 0 Å². The first-order chi connectivity index (χ1) is 9.56. The molecule has 0 aliphatic heterocycles. The molecule has 106 valence electrons. The van der Waals surface area contributed by atoms with E-state index in [4.69, 9.17) is 23.2 Å². The summed E-state index contributed by atoms with van der Waals surface area (Å²) in [7, 11) is 0. The molecule has 0 radical (unpaired) electrons. The van der Waals surface area contributed by atoms with E-state index in [1.54, 1.807) is 0 Å². The third-order valence-electron chi connectivity index (χ3n) is 3.50. The van der Waals surface area contributed by atoms with Crippen molar-refractivity contribution in [2.45, 2.75) is 31.5 Å². The smallest absolute Gasteiger partial charge is 0.0662 e. The first-order valence-electron chi connectivity index (χ1n) is 6.77. The van der Waals surface area contributed by atoms with Crippen LogP contribution in [0.25, 0.3) is 0 Å². The Balaban J connectivity index is 2.51. The van der Waals surface area contributed by atoms with E-state index in [-0.39, 0.29) is 4.83 Å². The van der Waals surface area contributed by atoms with Crippen molar-refractivity contribution in [3.8, 4) is 0 Å². The highest BCUT2D eigenvalue weighted by Crippen LogP contribution is 2.38. The summed E-state index contributed by atoms with van der Waals surface area (Å²) in [5.41, 5.74) is 4.96. The number of hydrogen-bond acceptors (Lipinski definition) is 0. The minimum Gasteiger partial charge on any atom is -0.0843 e. The fraction of sp³-hybridized carbons (Fsp3) is 0.294. The fourth-order valence-corrected chi connectivity index (χ4v) is 3.64. The molecule has 0 aromatic heterocycles. The highest BCUT2D eigenvalue weighted by Gasteiger charge is 2.17. The molecular weight excluding hydrogens is 355 g/mol. The third kappa shape index (κ3) is 3.39. The Kier molecular flexibility index (Phi) is 5.54. The fourth-order valence-electron chi connectivity index (χ4n) is 2.30. The largest absolute Gasteiger partial charge is 0.0843 e. The predicted octanol–water partition coefficient (Wildman–Crippen LogP) is 6.60. The van der Waals surface area contributed by atoms with Crippen LogP contribution in [-0.4, -0.2) is 0 Å². The Morgan fingerprint density at radius 3 is 2.35 bits per heavy atom.